The molecule has 0 unspecified atom stereocenters. The molecular formula is C17H21N3O2. The molecule has 0 spiro atoms. The summed E-state index contributed by atoms with van der Waals surface area (Å²) in [6.45, 7) is 5.99. The van der Waals surface area contributed by atoms with Gasteiger partial charge in [-0.2, -0.15) is 0 Å². The first-order chi connectivity index (χ1) is 10.5. The Morgan fingerprint density at radius 2 is 2.23 bits per heavy atom. The summed E-state index contributed by atoms with van der Waals surface area (Å²) in [6, 6.07) is 7.78. The van der Waals surface area contributed by atoms with Crippen LogP contribution in [0.4, 0.5) is 0 Å². The summed E-state index contributed by atoms with van der Waals surface area (Å²) in [5.41, 5.74) is 2.95. The monoisotopic (exact) mass is 299 g/mol. The van der Waals surface area contributed by atoms with Gasteiger partial charge in [-0.05, 0) is 25.5 Å². The van der Waals surface area contributed by atoms with E-state index < -0.39 is 0 Å². The van der Waals surface area contributed by atoms with E-state index >= 15 is 0 Å². The lowest BCUT2D eigenvalue weighted by atomic mass is 10.1. The van der Waals surface area contributed by atoms with Crippen LogP contribution in [0.15, 0.2) is 29.1 Å². The smallest absolute Gasteiger partial charge is 0.217 e. The van der Waals surface area contributed by atoms with Crippen LogP contribution >= 0.6 is 0 Å². The molecule has 0 aliphatic carbocycles. The van der Waals surface area contributed by atoms with Crippen molar-refractivity contribution in [1.29, 1.82) is 0 Å². The molecular weight excluding hydrogens is 278 g/mol. The van der Waals surface area contributed by atoms with Crippen molar-refractivity contribution in [1.82, 2.24) is 15.2 Å². The number of H-pyrrole nitrogens is 1. The second-order valence-corrected chi connectivity index (χ2v) is 6.13. The van der Waals surface area contributed by atoms with Gasteiger partial charge in [-0.25, -0.2) is 0 Å². The average molecular weight is 299 g/mol. The van der Waals surface area contributed by atoms with Crippen molar-refractivity contribution in [3.8, 4) is 0 Å². The molecule has 1 saturated heterocycles. The molecule has 0 bridgehead atoms. The zero-order valence-electron chi connectivity index (χ0n) is 13.0. The van der Waals surface area contributed by atoms with E-state index in [-0.39, 0.29) is 17.4 Å². The predicted octanol–water partition coefficient (Wildman–Crippen LogP) is 1.55. The highest BCUT2D eigenvalue weighted by molar-refractivity contribution is 5.79. The summed E-state index contributed by atoms with van der Waals surface area (Å²) >= 11 is 0. The average Bonchev–Trinajstić information content (AvgIpc) is 2.86. The third-order valence-corrected chi connectivity index (χ3v) is 4.11. The van der Waals surface area contributed by atoms with Crippen LogP contribution in [0.2, 0.25) is 0 Å². The van der Waals surface area contributed by atoms with E-state index in [1.807, 2.05) is 25.1 Å². The molecule has 1 aliphatic heterocycles. The van der Waals surface area contributed by atoms with Crippen molar-refractivity contribution in [3.05, 3.63) is 45.7 Å². The van der Waals surface area contributed by atoms with Gasteiger partial charge in [-0.1, -0.05) is 11.6 Å². The Hall–Kier alpha value is -2.14. The lowest BCUT2D eigenvalue weighted by Gasteiger charge is -2.16. The number of likely N-dealkylation sites (tertiary alicyclic amines) is 1. The number of nitrogens with one attached hydrogen (secondary N) is 2. The van der Waals surface area contributed by atoms with Gasteiger partial charge in [0.2, 0.25) is 5.91 Å². The lowest BCUT2D eigenvalue weighted by Crippen LogP contribution is -2.35. The fourth-order valence-corrected chi connectivity index (χ4v) is 3.12. The number of benzene rings is 1. The summed E-state index contributed by atoms with van der Waals surface area (Å²) in [7, 11) is 0. The molecule has 0 radical (unpaired) electrons. The Bertz CT molecular complexity index is 766. The Kier molecular flexibility index (Phi) is 3.98. The lowest BCUT2D eigenvalue weighted by molar-refractivity contribution is -0.119. The standard InChI is InChI=1S/C17H21N3O2/c1-11-3-4-16-15(7-11)17(22)8-14(19-16)10-20-6-5-13(9-20)18-12(2)21/h3-4,7-8,13H,5-6,9-10H2,1-2H3,(H,18,21)(H,19,22)/t13-/m0/s1. The van der Waals surface area contributed by atoms with Gasteiger partial charge in [0.1, 0.15) is 0 Å². The van der Waals surface area contributed by atoms with Crippen LogP contribution in [-0.4, -0.2) is 34.9 Å². The van der Waals surface area contributed by atoms with Crippen LogP contribution in [0, 0.1) is 6.92 Å². The van der Waals surface area contributed by atoms with Gasteiger partial charge in [0.05, 0.1) is 0 Å². The van der Waals surface area contributed by atoms with E-state index in [4.69, 9.17) is 0 Å². The maximum absolute atomic E-state index is 12.2. The molecule has 5 nitrogen and oxygen atoms in total. The van der Waals surface area contributed by atoms with E-state index in [2.05, 4.69) is 15.2 Å². The highest BCUT2D eigenvalue weighted by Gasteiger charge is 2.23. The Morgan fingerprint density at radius 1 is 1.41 bits per heavy atom. The molecule has 2 N–H and O–H groups in total. The maximum atomic E-state index is 12.2. The topological polar surface area (TPSA) is 65.2 Å². The number of aromatic nitrogens is 1. The molecule has 1 aromatic carbocycles. The largest absolute Gasteiger partial charge is 0.357 e. The minimum atomic E-state index is 0.0151. The van der Waals surface area contributed by atoms with Gasteiger partial charge in [-0.3, -0.25) is 14.5 Å². The van der Waals surface area contributed by atoms with Crippen LogP contribution in [-0.2, 0) is 11.3 Å². The van der Waals surface area contributed by atoms with Crippen molar-refractivity contribution in [2.24, 2.45) is 0 Å². The molecule has 3 rings (SSSR count). The van der Waals surface area contributed by atoms with Crippen LogP contribution in [0.3, 0.4) is 0 Å². The SMILES string of the molecule is CC(=O)N[C@H]1CCN(Cc2cc(=O)c3cc(C)ccc3[nH]2)C1. The number of rotatable bonds is 3. The third-order valence-electron chi connectivity index (χ3n) is 4.11. The van der Waals surface area contributed by atoms with E-state index in [9.17, 15) is 9.59 Å². The van der Waals surface area contributed by atoms with Gasteiger partial charge in [0, 0.05) is 55.3 Å². The van der Waals surface area contributed by atoms with Gasteiger partial charge in [0.25, 0.3) is 0 Å². The van der Waals surface area contributed by atoms with Gasteiger partial charge in [0.15, 0.2) is 5.43 Å². The predicted molar refractivity (Wildman–Crippen MR) is 86.8 cm³/mol. The van der Waals surface area contributed by atoms with Crippen LogP contribution in [0.1, 0.15) is 24.6 Å². The van der Waals surface area contributed by atoms with E-state index in [0.717, 1.165) is 41.7 Å². The Balaban J connectivity index is 1.76. The zero-order chi connectivity index (χ0) is 15.7. The fourth-order valence-electron chi connectivity index (χ4n) is 3.12. The van der Waals surface area contributed by atoms with Crippen molar-refractivity contribution >= 4 is 16.8 Å². The maximum Gasteiger partial charge on any atom is 0.217 e. The first-order valence-electron chi connectivity index (χ1n) is 7.63. The number of aryl methyl sites for hydroxylation is 1. The number of carbonyl (C=O) groups is 1. The fraction of sp³-hybridized carbons (Fsp3) is 0.412. The molecule has 1 amide bonds. The number of hydrogen-bond donors (Lipinski definition) is 2. The highest BCUT2D eigenvalue weighted by atomic mass is 16.1. The minimum Gasteiger partial charge on any atom is -0.357 e. The summed E-state index contributed by atoms with van der Waals surface area (Å²) in [5, 5.41) is 3.69. The van der Waals surface area contributed by atoms with Crippen molar-refractivity contribution in [3.63, 3.8) is 0 Å². The quantitative estimate of drug-likeness (QED) is 0.903. The number of fused-ring (bicyclic) bond motifs is 1. The molecule has 0 saturated carbocycles. The second kappa shape index (κ2) is 5.93. The Morgan fingerprint density at radius 3 is 3.00 bits per heavy atom. The molecule has 1 atom stereocenters. The van der Waals surface area contributed by atoms with E-state index in [1.54, 1.807) is 13.0 Å². The highest BCUT2D eigenvalue weighted by Crippen LogP contribution is 2.15. The zero-order valence-corrected chi connectivity index (χ0v) is 13.0. The normalized spacial score (nSPS) is 18.7. The molecule has 1 aromatic heterocycles. The van der Waals surface area contributed by atoms with Gasteiger partial charge >= 0.3 is 0 Å². The first-order valence-corrected chi connectivity index (χ1v) is 7.63. The number of aromatic amines is 1. The molecule has 1 aliphatic rings. The van der Waals surface area contributed by atoms with Crippen molar-refractivity contribution in [2.75, 3.05) is 13.1 Å². The molecule has 116 valence electrons. The second-order valence-electron chi connectivity index (χ2n) is 6.13. The molecule has 2 heterocycles. The third kappa shape index (κ3) is 3.20. The summed E-state index contributed by atoms with van der Waals surface area (Å²) < 4.78 is 0. The van der Waals surface area contributed by atoms with Crippen LogP contribution in [0.25, 0.3) is 10.9 Å². The Labute approximate surface area is 129 Å². The van der Waals surface area contributed by atoms with Crippen LogP contribution < -0.4 is 10.7 Å². The number of amides is 1. The minimum absolute atomic E-state index is 0.0151. The number of carbonyl (C=O) groups excluding carboxylic acids is 1. The first kappa shape index (κ1) is 14.8. The number of pyridine rings is 1. The summed E-state index contributed by atoms with van der Waals surface area (Å²) in [6.07, 6.45) is 0.955. The van der Waals surface area contributed by atoms with Gasteiger partial charge in [-0.15, -0.1) is 0 Å². The number of nitrogens with zero attached hydrogens (tertiary/aromatic N) is 1. The van der Waals surface area contributed by atoms with E-state index in [1.165, 1.54) is 0 Å². The van der Waals surface area contributed by atoms with Crippen LogP contribution in [0.5, 0.6) is 0 Å². The molecule has 5 heteroatoms. The molecule has 2 aromatic rings. The van der Waals surface area contributed by atoms with Crippen molar-refractivity contribution < 1.29 is 4.79 Å². The van der Waals surface area contributed by atoms with Gasteiger partial charge < -0.3 is 10.3 Å². The van der Waals surface area contributed by atoms with Crippen molar-refractivity contribution in [2.45, 2.75) is 32.9 Å². The molecule has 1 fully saturated rings. The summed E-state index contributed by atoms with van der Waals surface area (Å²) in [4.78, 5) is 29.0. The molecule has 22 heavy (non-hydrogen) atoms. The van der Waals surface area contributed by atoms with E-state index in [0.29, 0.717) is 6.54 Å². The summed E-state index contributed by atoms with van der Waals surface area (Å²) in [5.74, 6) is 0.0151. The number of hydrogen-bond acceptors (Lipinski definition) is 3.